The molecule has 2 aromatic rings. The highest BCUT2D eigenvalue weighted by molar-refractivity contribution is 7.94. The normalized spacial score (nSPS) is 13.8. The van der Waals surface area contributed by atoms with Crippen molar-refractivity contribution in [3.05, 3.63) is 54.2 Å². The number of benzene rings is 1. The summed E-state index contributed by atoms with van der Waals surface area (Å²) in [5, 5.41) is 9.14. The van der Waals surface area contributed by atoms with Crippen LogP contribution in [-0.2, 0) is 14.5 Å². The highest BCUT2D eigenvalue weighted by Crippen LogP contribution is 2.25. The fourth-order valence-electron chi connectivity index (χ4n) is 1.77. The molecule has 1 aromatic carbocycles. The Balaban J connectivity index is 2.69. The molecule has 0 aliphatic carbocycles. The van der Waals surface area contributed by atoms with Crippen LogP contribution in [0, 0.1) is 5.41 Å². The molecule has 1 amide bonds. The number of carbonyl (C=O) groups is 2. The number of aromatic carboxylic acids is 1. The summed E-state index contributed by atoms with van der Waals surface area (Å²) in [4.78, 5) is 27.6. The van der Waals surface area contributed by atoms with E-state index in [0.29, 0.717) is 0 Å². The SMILES string of the molecule is CC(C)(C)C(=O)N=S(=O)(c1ccc(C(=O)O)cc1)c1ccccn1. The lowest BCUT2D eigenvalue weighted by molar-refractivity contribution is -0.124. The number of carboxylic acids is 1. The van der Waals surface area contributed by atoms with Crippen LogP contribution in [0.25, 0.3) is 0 Å². The number of amides is 1. The van der Waals surface area contributed by atoms with Crippen molar-refractivity contribution in [2.24, 2.45) is 9.78 Å². The van der Waals surface area contributed by atoms with E-state index in [0.717, 1.165) is 0 Å². The van der Waals surface area contributed by atoms with Gasteiger partial charge >= 0.3 is 5.97 Å². The summed E-state index contributed by atoms with van der Waals surface area (Å²) in [5.41, 5.74) is -0.734. The predicted molar refractivity (Wildman–Crippen MR) is 89.2 cm³/mol. The number of carbonyl (C=O) groups excluding carboxylic acids is 1. The van der Waals surface area contributed by atoms with Crippen LogP contribution in [0.4, 0.5) is 0 Å². The number of aromatic nitrogens is 1. The van der Waals surface area contributed by atoms with Crippen molar-refractivity contribution in [3.63, 3.8) is 0 Å². The minimum atomic E-state index is -3.30. The van der Waals surface area contributed by atoms with E-state index in [-0.39, 0.29) is 15.5 Å². The van der Waals surface area contributed by atoms with Gasteiger partial charge in [0.1, 0.15) is 14.8 Å². The maximum atomic E-state index is 13.5. The van der Waals surface area contributed by atoms with Crippen LogP contribution in [0.15, 0.2) is 62.9 Å². The Morgan fingerprint density at radius 3 is 2.17 bits per heavy atom. The number of rotatable bonds is 3. The molecule has 0 spiro atoms. The number of hydrogen-bond donors (Lipinski definition) is 1. The van der Waals surface area contributed by atoms with Gasteiger partial charge in [-0.15, -0.1) is 0 Å². The van der Waals surface area contributed by atoms with Crippen LogP contribution in [0.2, 0.25) is 0 Å². The molecule has 1 unspecified atom stereocenters. The molecule has 2 rings (SSSR count). The van der Waals surface area contributed by atoms with E-state index in [1.54, 1.807) is 32.9 Å². The minimum absolute atomic E-state index is 0.0590. The van der Waals surface area contributed by atoms with E-state index >= 15 is 0 Å². The maximum Gasteiger partial charge on any atom is 0.335 e. The molecule has 0 radical (unpaired) electrons. The van der Waals surface area contributed by atoms with Gasteiger partial charge in [0, 0.05) is 11.6 Å². The maximum absolute atomic E-state index is 13.5. The monoisotopic (exact) mass is 346 g/mol. The van der Waals surface area contributed by atoms with Crippen LogP contribution in [0.5, 0.6) is 0 Å². The molecule has 0 fully saturated rings. The Morgan fingerprint density at radius 2 is 1.71 bits per heavy atom. The van der Waals surface area contributed by atoms with Crippen molar-refractivity contribution in [2.45, 2.75) is 30.7 Å². The third kappa shape index (κ3) is 3.68. The summed E-state index contributed by atoms with van der Waals surface area (Å²) < 4.78 is 17.5. The van der Waals surface area contributed by atoms with Crippen molar-refractivity contribution >= 4 is 21.6 Å². The molecule has 0 bridgehead atoms. The summed E-state index contributed by atoms with van der Waals surface area (Å²) in [6, 6.07) is 10.3. The van der Waals surface area contributed by atoms with Crippen molar-refractivity contribution in [2.75, 3.05) is 0 Å². The third-order valence-corrected chi connectivity index (χ3v) is 5.34. The first-order chi connectivity index (χ1) is 11.1. The van der Waals surface area contributed by atoms with Gasteiger partial charge in [0.2, 0.25) is 0 Å². The topological polar surface area (TPSA) is 96.7 Å². The molecule has 7 heteroatoms. The third-order valence-electron chi connectivity index (χ3n) is 3.20. The molecule has 1 atom stereocenters. The Bertz CT molecular complexity index is 875. The average Bonchev–Trinajstić information content (AvgIpc) is 2.54. The van der Waals surface area contributed by atoms with E-state index in [1.165, 1.54) is 36.5 Å². The van der Waals surface area contributed by atoms with Gasteiger partial charge in [0.05, 0.1) is 10.5 Å². The molecule has 0 aliphatic heterocycles. The first-order valence-electron chi connectivity index (χ1n) is 7.20. The minimum Gasteiger partial charge on any atom is -0.478 e. The second-order valence-electron chi connectivity index (χ2n) is 6.17. The first-order valence-corrected chi connectivity index (χ1v) is 8.72. The molecule has 0 saturated carbocycles. The molecular formula is C17H18N2O4S. The van der Waals surface area contributed by atoms with Crippen molar-refractivity contribution < 1.29 is 18.9 Å². The number of pyridine rings is 1. The smallest absolute Gasteiger partial charge is 0.335 e. The molecule has 24 heavy (non-hydrogen) atoms. The van der Waals surface area contributed by atoms with Gasteiger partial charge in [0.15, 0.2) is 0 Å². The van der Waals surface area contributed by atoms with Crippen LogP contribution in [-0.4, -0.2) is 26.2 Å². The van der Waals surface area contributed by atoms with Gasteiger partial charge in [0.25, 0.3) is 5.91 Å². The first kappa shape index (κ1) is 17.8. The van der Waals surface area contributed by atoms with Gasteiger partial charge in [-0.3, -0.25) is 4.79 Å². The van der Waals surface area contributed by atoms with Gasteiger partial charge in [-0.25, -0.2) is 14.0 Å². The summed E-state index contributed by atoms with van der Waals surface area (Å²) in [6.45, 7) is 5.06. The van der Waals surface area contributed by atoms with E-state index in [4.69, 9.17) is 5.11 Å². The summed E-state index contributed by atoms with van der Waals surface area (Å²) in [7, 11) is -3.30. The van der Waals surface area contributed by atoms with E-state index in [2.05, 4.69) is 9.35 Å². The van der Waals surface area contributed by atoms with Crippen molar-refractivity contribution in [1.82, 2.24) is 4.98 Å². The molecule has 1 N–H and O–H groups in total. The lowest BCUT2D eigenvalue weighted by Crippen LogP contribution is -2.20. The van der Waals surface area contributed by atoms with Crippen molar-refractivity contribution in [3.8, 4) is 0 Å². The lowest BCUT2D eigenvalue weighted by atomic mass is 9.96. The molecule has 126 valence electrons. The zero-order valence-electron chi connectivity index (χ0n) is 13.6. The fourth-order valence-corrected chi connectivity index (χ4v) is 3.69. The second kappa shape index (κ2) is 6.52. The quantitative estimate of drug-likeness (QED) is 0.920. The van der Waals surface area contributed by atoms with Crippen molar-refractivity contribution in [1.29, 1.82) is 0 Å². The van der Waals surface area contributed by atoms with Gasteiger partial charge in [-0.05, 0) is 36.4 Å². The summed E-state index contributed by atoms with van der Waals surface area (Å²) in [5.74, 6) is -1.60. The molecule has 0 saturated heterocycles. The standard InChI is InChI=1S/C17H18N2O4S/c1-17(2,3)16(22)19-24(23,14-6-4-5-11-18-14)13-9-7-12(8-10-13)15(20)21/h4-11H,1-3H3,(H,20,21). The highest BCUT2D eigenvalue weighted by atomic mass is 32.2. The number of hydrogen-bond acceptors (Lipinski definition) is 4. The van der Waals surface area contributed by atoms with Gasteiger partial charge < -0.3 is 5.11 Å². The largest absolute Gasteiger partial charge is 0.478 e. The fraction of sp³-hybridized carbons (Fsp3) is 0.235. The van der Waals surface area contributed by atoms with E-state index < -0.39 is 27.0 Å². The Morgan fingerprint density at radius 1 is 1.08 bits per heavy atom. The Kier molecular flexibility index (Phi) is 4.84. The molecule has 1 heterocycles. The Labute approximate surface area is 140 Å². The second-order valence-corrected chi connectivity index (χ2v) is 8.29. The van der Waals surface area contributed by atoms with E-state index in [9.17, 15) is 13.8 Å². The van der Waals surface area contributed by atoms with Gasteiger partial charge in [-0.2, -0.15) is 4.36 Å². The Hall–Kier alpha value is -2.54. The number of nitrogens with zero attached hydrogens (tertiary/aromatic N) is 2. The summed E-state index contributed by atoms with van der Waals surface area (Å²) >= 11 is 0. The summed E-state index contributed by atoms with van der Waals surface area (Å²) in [6.07, 6.45) is 1.47. The lowest BCUT2D eigenvalue weighted by Gasteiger charge is -2.15. The zero-order chi connectivity index (χ0) is 18.0. The average molecular weight is 346 g/mol. The zero-order valence-corrected chi connectivity index (χ0v) is 14.4. The van der Waals surface area contributed by atoms with Gasteiger partial charge in [-0.1, -0.05) is 26.8 Å². The highest BCUT2D eigenvalue weighted by Gasteiger charge is 2.26. The predicted octanol–water partition coefficient (Wildman–Crippen LogP) is 3.24. The van der Waals surface area contributed by atoms with Crippen LogP contribution < -0.4 is 0 Å². The molecule has 0 aliphatic rings. The van der Waals surface area contributed by atoms with Crippen LogP contribution in [0.3, 0.4) is 0 Å². The molecule has 6 nitrogen and oxygen atoms in total. The van der Waals surface area contributed by atoms with Crippen LogP contribution in [0.1, 0.15) is 31.1 Å². The van der Waals surface area contributed by atoms with Crippen LogP contribution >= 0.6 is 0 Å². The molecule has 1 aromatic heterocycles. The molecular weight excluding hydrogens is 328 g/mol. The van der Waals surface area contributed by atoms with E-state index in [1.807, 2.05) is 0 Å². The number of carboxylic acid groups (broad SMARTS) is 1.